The van der Waals surface area contributed by atoms with E-state index in [0.29, 0.717) is 0 Å². The molecule has 0 saturated heterocycles. The van der Waals surface area contributed by atoms with Crippen LogP contribution in [0.25, 0.3) is 0 Å². The van der Waals surface area contributed by atoms with E-state index in [0.717, 1.165) is 6.92 Å². The summed E-state index contributed by atoms with van der Waals surface area (Å²) in [6, 6.07) is 0. The molecule has 0 aliphatic carbocycles. The van der Waals surface area contributed by atoms with Crippen molar-refractivity contribution in [1.82, 2.24) is 0 Å². The minimum atomic E-state index is -0.833. The number of carboxylic acids is 1. The average molecular weight is 188 g/mol. The normalized spacial score (nSPS) is 6.11. The Morgan fingerprint density at radius 2 is 1.44 bits per heavy atom. The topological polar surface area (TPSA) is 77.8 Å². The van der Waals surface area contributed by atoms with E-state index in [1.54, 1.807) is 0 Å². The quantitative estimate of drug-likeness (QED) is 0.463. The number of aliphatic hydroxyl groups excluding tert-OH is 2. The van der Waals surface area contributed by atoms with Gasteiger partial charge in [-0.3, -0.25) is 4.79 Å². The molecule has 0 amide bonds. The summed E-state index contributed by atoms with van der Waals surface area (Å²) >= 11 is 0. The predicted molar refractivity (Wildman–Crippen MR) is 27.5 cm³/mol. The van der Waals surface area contributed by atoms with E-state index in [2.05, 4.69) is 0 Å². The fourth-order valence-electron chi connectivity index (χ4n) is 0. The van der Waals surface area contributed by atoms with Crippen LogP contribution in [0.5, 0.6) is 0 Å². The van der Waals surface area contributed by atoms with Crippen LogP contribution in [-0.2, 0) is 24.3 Å². The van der Waals surface area contributed by atoms with Crippen molar-refractivity contribution in [3.63, 3.8) is 0 Å². The van der Waals surface area contributed by atoms with Crippen LogP contribution < -0.4 is 0 Å². The van der Waals surface area contributed by atoms with Crippen LogP contribution in [0, 0.1) is 0 Å². The number of hydrogen-bond acceptors (Lipinski definition) is 3. The third-order valence-electron chi connectivity index (χ3n) is 0.1000. The monoisotopic (exact) mass is 186 g/mol. The van der Waals surface area contributed by atoms with Gasteiger partial charge in [0.05, 0.1) is 13.2 Å². The summed E-state index contributed by atoms with van der Waals surface area (Å²) in [5.74, 6) is -0.833. The molecular formula is C4H10O4Zn. The number of rotatable bonds is 1. The molecule has 0 aromatic heterocycles. The maximum atomic E-state index is 9.00. The molecule has 0 radical (unpaired) electrons. The van der Waals surface area contributed by atoms with Crippen LogP contribution in [0.1, 0.15) is 6.92 Å². The molecule has 0 atom stereocenters. The van der Waals surface area contributed by atoms with Gasteiger partial charge in [0.25, 0.3) is 5.97 Å². The molecule has 0 rings (SSSR count). The van der Waals surface area contributed by atoms with Crippen molar-refractivity contribution in [2.45, 2.75) is 6.92 Å². The van der Waals surface area contributed by atoms with E-state index >= 15 is 0 Å². The molecular weight excluding hydrogens is 177 g/mol. The van der Waals surface area contributed by atoms with Gasteiger partial charge in [-0.1, -0.05) is 0 Å². The zero-order valence-corrected chi connectivity index (χ0v) is 8.34. The van der Waals surface area contributed by atoms with E-state index in [9.17, 15) is 0 Å². The Morgan fingerprint density at radius 1 is 1.33 bits per heavy atom. The SMILES string of the molecule is CC(=O)O.OCCO.[Zn]. The van der Waals surface area contributed by atoms with Gasteiger partial charge in [0, 0.05) is 26.4 Å². The van der Waals surface area contributed by atoms with Gasteiger partial charge in [-0.05, 0) is 0 Å². The summed E-state index contributed by atoms with van der Waals surface area (Å²) in [5, 5.41) is 22.7. The second kappa shape index (κ2) is 15.7. The maximum Gasteiger partial charge on any atom is 0.300 e. The first-order valence-electron chi connectivity index (χ1n) is 2.06. The molecule has 4 nitrogen and oxygen atoms in total. The molecule has 0 aliphatic heterocycles. The number of carbonyl (C=O) groups is 1. The van der Waals surface area contributed by atoms with Gasteiger partial charge in [0.2, 0.25) is 0 Å². The summed E-state index contributed by atoms with van der Waals surface area (Å²) < 4.78 is 0. The first-order chi connectivity index (χ1) is 3.65. The van der Waals surface area contributed by atoms with E-state index in [1.807, 2.05) is 0 Å². The number of carboxylic acid groups (broad SMARTS) is 1. The molecule has 0 aliphatic rings. The maximum absolute atomic E-state index is 9.00. The van der Waals surface area contributed by atoms with Crippen LogP contribution in [0.15, 0.2) is 0 Å². The average Bonchev–Trinajstić information content (AvgIpc) is 1.65. The Bertz CT molecular complexity index is 50.5. The summed E-state index contributed by atoms with van der Waals surface area (Å²) in [5.41, 5.74) is 0. The van der Waals surface area contributed by atoms with Crippen molar-refractivity contribution >= 4 is 5.97 Å². The molecule has 0 saturated carbocycles. The van der Waals surface area contributed by atoms with Crippen LogP contribution in [0.3, 0.4) is 0 Å². The molecule has 5 heteroatoms. The second-order valence-electron chi connectivity index (χ2n) is 0.966. The molecule has 3 N–H and O–H groups in total. The van der Waals surface area contributed by atoms with E-state index in [1.165, 1.54) is 0 Å². The Morgan fingerprint density at radius 3 is 1.44 bits per heavy atom. The van der Waals surface area contributed by atoms with Crippen molar-refractivity contribution in [3.8, 4) is 0 Å². The number of aliphatic hydroxyl groups is 2. The van der Waals surface area contributed by atoms with E-state index in [-0.39, 0.29) is 32.7 Å². The fourth-order valence-corrected chi connectivity index (χ4v) is 0. The Balaban J connectivity index is -0.0000000720. The third kappa shape index (κ3) is 282. The summed E-state index contributed by atoms with van der Waals surface area (Å²) in [6.07, 6.45) is 0. The van der Waals surface area contributed by atoms with Crippen LogP contribution in [0.4, 0.5) is 0 Å². The molecule has 0 fully saturated rings. The van der Waals surface area contributed by atoms with Crippen molar-refractivity contribution in [2.24, 2.45) is 0 Å². The minimum Gasteiger partial charge on any atom is -0.481 e. The van der Waals surface area contributed by atoms with Gasteiger partial charge in [0.15, 0.2) is 0 Å². The predicted octanol–water partition coefficient (Wildman–Crippen LogP) is -0.941. The number of aliphatic carboxylic acids is 1. The van der Waals surface area contributed by atoms with Crippen molar-refractivity contribution < 1.29 is 39.6 Å². The van der Waals surface area contributed by atoms with Crippen LogP contribution >= 0.6 is 0 Å². The van der Waals surface area contributed by atoms with Crippen LogP contribution in [-0.4, -0.2) is 34.5 Å². The Kier molecular flexibility index (Phi) is 27.9. The summed E-state index contributed by atoms with van der Waals surface area (Å²) in [6.45, 7) is 0.833. The summed E-state index contributed by atoms with van der Waals surface area (Å²) in [4.78, 5) is 9.00. The first kappa shape index (κ1) is 16.0. The van der Waals surface area contributed by atoms with Gasteiger partial charge < -0.3 is 15.3 Å². The summed E-state index contributed by atoms with van der Waals surface area (Å²) in [7, 11) is 0. The van der Waals surface area contributed by atoms with Gasteiger partial charge in [-0.2, -0.15) is 0 Å². The minimum absolute atomic E-state index is 0. The van der Waals surface area contributed by atoms with E-state index < -0.39 is 5.97 Å². The molecule has 9 heavy (non-hydrogen) atoms. The molecule has 0 bridgehead atoms. The molecule has 0 heterocycles. The van der Waals surface area contributed by atoms with Crippen LogP contribution in [0.2, 0.25) is 0 Å². The standard InChI is InChI=1S/C2H4O2.C2H6O2.Zn/c1-2(3)4;3-1-2-4;/h1H3,(H,3,4);3-4H,1-2H2;. The van der Waals surface area contributed by atoms with Gasteiger partial charge in [0.1, 0.15) is 0 Å². The molecule has 0 unspecified atom stereocenters. The zero-order valence-electron chi connectivity index (χ0n) is 5.37. The van der Waals surface area contributed by atoms with Gasteiger partial charge in [-0.25, -0.2) is 0 Å². The first-order valence-corrected chi connectivity index (χ1v) is 2.06. The van der Waals surface area contributed by atoms with Crippen molar-refractivity contribution in [2.75, 3.05) is 13.2 Å². The van der Waals surface area contributed by atoms with Crippen molar-refractivity contribution in [3.05, 3.63) is 0 Å². The van der Waals surface area contributed by atoms with Crippen molar-refractivity contribution in [1.29, 1.82) is 0 Å². The smallest absolute Gasteiger partial charge is 0.300 e. The molecule has 52 valence electrons. The molecule has 0 aromatic carbocycles. The van der Waals surface area contributed by atoms with Gasteiger partial charge in [-0.15, -0.1) is 0 Å². The fraction of sp³-hybridized carbons (Fsp3) is 0.750. The van der Waals surface area contributed by atoms with Gasteiger partial charge >= 0.3 is 0 Å². The molecule has 0 aromatic rings. The zero-order chi connectivity index (χ0) is 6.99. The largest absolute Gasteiger partial charge is 0.481 e. The molecule has 0 spiro atoms. The Labute approximate surface area is 66.3 Å². The number of hydrogen-bond donors (Lipinski definition) is 3. The second-order valence-corrected chi connectivity index (χ2v) is 0.966. The third-order valence-corrected chi connectivity index (χ3v) is 0.1000. The Hall–Kier alpha value is 0.0134. The van der Waals surface area contributed by atoms with E-state index in [4.69, 9.17) is 20.1 Å².